The van der Waals surface area contributed by atoms with E-state index in [1.165, 1.54) is 12.8 Å². The van der Waals surface area contributed by atoms with Crippen molar-refractivity contribution in [2.45, 2.75) is 56.7 Å². The van der Waals surface area contributed by atoms with Crippen molar-refractivity contribution in [2.24, 2.45) is 0 Å². The van der Waals surface area contributed by atoms with Crippen molar-refractivity contribution in [3.05, 3.63) is 0 Å². The third kappa shape index (κ3) is 3.16. The highest BCUT2D eigenvalue weighted by molar-refractivity contribution is 5.82. The van der Waals surface area contributed by atoms with Gasteiger partial charge in [0.2, 0.25) is 5.91 Å². The summed E-state index contributed by atoms with van der Waals surface area (Å²) in [7, 11) is 0. The summed E-state index contributed by atoms with van der Waals surface area (Å²) in [6.07, 6.45) is 12.5. The zero-order valence-corrected chi connectivity index (χ0v) is 12.2. The van der Waals surface area contributed by atoms with Crippen LogP contribution in [0, 0.1) is 12.3 Å². The third-order valence-electron chi connectivity index (χ3n) is 4.84. The van der Waals surface area contributed by atoms with Crippen LogP contribution in [0.2, 0.25) is 0 Å². The Bertz CT molecular complexity index is 399. The van der Waals surface area contributed by atoms with Gasteiger partial charge in [0.05, 0.1) is 12.6 Å². The number of terminal acetylenes is 1. The highest BCUT2D eigenvalue weighted by atomic mass is 16.2. The molecule has 2 atom stereocenters. The van der Waals surface area contributed by atoms with Crippen LogP contribution in [0.5, 0.6) is 0 Å². The van der Waals surface area contributed by atoms with Gasteiger partial charge in [0.15, 0.2) is 0 Å². The zero-order chi connectivity index (χ0) is 13.9. The number of hydrogen-bond donors (Lipinski definition) is 1. The quantitative estimate of drug-likeness (QED) is 0.772. The lowest BCUT2D eigenvalue weighted by atomic mass is 10.0. The van der Waals surface area contributed by atoms with E-state index in [1.54, 1.807) is 0 Å². The van der Waals surface area contributed by atoms with Crippen LogP contribution in [0.25, 0.3) is 0 Å². The summed E-state index contributed by atoms with van der Waals surface area (Å²) in [5.74, 6) is 2.88. The van der Waals surface area contributed by atoms with Crippen LogP contribution in [0.15, 0.2) is 0 Å². The van der Waals surface area contributed by atoms with Crippen molar-refractivity contribution in [3.8, 4) is 12.3 Å². The number of nitrogens with zero attached hydrogens (tertiary/aromatic N) is 2. The molecular weight excluding hydrogens is 250 g/mol. The number of nitrogens with one attached hydrogen (secondary N) is 1. The van der Waals surface area contributed by atoms with Crippen LogP contribution in [-0.2, 0) is 4.79 Å². The van der Waals surface area contributed by atoms with Gasteiger partial charge in [-0.15, -0.1) is 6.42 Å². The van der Waals surface area contributed by atoms with Gasteiger partial charge in [-0.05, 0) is 38.6 Å². The lowest BCUT2D eigenvalue weighted by Gasteiger charge is -2.33. The first-order chi connectivity index (χ1) is 9.78. The smallest absolute Gasteiger partial charge is 0.237 e. The molecule has 3 fully saturated rings. The van der Waals surface area contributed by atoms with E-state index in [2.05, 4.69) is 21.0 Å². The summed E-state index contributed by atoms with van der Waals surface area (Å²) in [6.45, 7) is 3.74. The van der Waals surface area contributed by atoms with Crippen molar-refractivity contribution in [3.63, 3.8) is 0 Å². The predicted molar refractivity (Wildman–Crippen MR) is 79.2 cm³/mol. The maximum Gasteiger partial charge on any atom is 0.237 e. The Kier molecular flexibility index (Phi) is 4.28. The lowest BCUT2D eigenvalue weighted by Crippen LogP contribution is -2.52. The normalized spacial score (nSPS) is 31.9. The highest BCUT2D eigenvalue weighted by Gasteiger charge is 2.36. The first-order valence-electron chi connectivity index (χ1n) is 8.00. The summed E-state index contributed by atoms with van der Waals surface area (Å²) in [5.41, 5.74) is 0. The van der Waals surface area contributed by atoms with Crippen LogP contribution < -0.4 is 5.32 Å². The van der Waals surface area contributed by atoms with E-state index < -0.39 is 0 Å². The molecule has 0 radical (unpaired) electrons. The Labute approximate surface area is 121 Å². The van der Waals surface area contributed by atoms with Gasteiger partial charge in [-0.25, -0.2) is 0 Å². The molecule has 0 aromatic carbocycles. The van der Waals surface area contributed by atoms with Gasteiger partial charge in [-0.3, -0.25) is 14.6 Å². The van der Waals surface area contributed by atoms with E-state index in [0.29, 0.717) is 12.6 Å². The SMILES string of the molecule is C#CCN1CCCC[C@@H]1C(=O)N[C@@H]1CCN(C2CC2)C1. The fourth-order valence-corrected chi connectivity index (χ4v) is 3.57. The van der Waals surface area contributed by atoms with Crippen LogP contribution >= 0.6 is 0 Å². The Morgan fingerprint density at radius 1 is 1.20 bits per heavy atom. The van der Waals surface area contributed by atoms with E-state index in [1.807, 2.05) is 0 Å². The monoisotopic (exact) mass is 275 g/mol. The first-order valence-corrected chi connectivity index (χ1v) is 8.00. The summed E-state index contributed by atoms with van der Waals surface area (Å²) >= 11 is 0. The second kappa shape index (κ2) is 6.15. The molecule has 2 aliphatic heterocycles. The van der Waals surface area contributed by atoms with E-state index in [4.69, 9.17) is 6.42 Å². The number of likely N-dealkylation sites (tertiary alicyclic amines) is 2. The van der Waals surface area contributed by atoms with E-state index >= 15 is 0 Å². The molecule has 2 saturated heterocycles. The van der Waals surface area contributed by atoms with Gasteiger partial charge in [-0.1, -0.05) is 12.3 Å². The lowest BCUT2D eigenvalue weighted by molar-refractivity contribution is -0.128. The fraction of sp³-hybridized carbons (Fsp3) is 0.812. The molecule has 0 spiro atoms. The number of carbonyl (C=O) groups excluding carboxylic acids is 1. The van der Waals surface area contributed by atoms with Crippen molar-refractivity contribution in [2.75, 3.05) is 26.2 Å². The van der Waals surface area contributed by atoms with Gasteiger partial charge in [0.25, 0.3) is 0 Å². The number of piperidine rings is 1. The van der Waals surface area contributed by atoms with Gasteiger partial charge < -0.3 is 5.32 Å². The molecule has 2 heterocycles. The molecule has 20 heavy (non-hydrogen) atoms. The molecule has 110 valence electrons. The maximum absolute atomic E-state index is 12.5. The Morgan fingerprint density at radius 3 is 2.80 bits per heavy atom. The van der Waals surface area contributed by atoms with Crippen molar-refractivity contribution in [1.82, 2.24) is 15.1 Å². The second-order valence-electron chi connectivity index (χ2n) is 6.41. The number of hydrogen-bond acceptors (Lipinski definition) is 3. The van der Waals surface area contributed by atoms with E-state index in [0.717, 1.165) is 51.4 Å². The van der Waals surface area contributed by atoms with Crippen LogP contribution in [0.4, 0.5) is 0 Å². The molecule has 3 rings (SSSR count). The minimum atomic E-state index is -0.00484. The number of rotatable bonds is 4. The Balaban J connectivity index is 1.51. The minimum Gasteiger partial charge on any atom is -0.351 e. The second-order valence-corrected chi connectivity index (χ2v) is 6.41. The summed E-state index contributed by atoms with van der Waals surface area (Å²) in [4.78, 5) is 17.2. The number of amides is 1. The Hall–Kier alpha value is -1.05. The summed E-state index contributed by atoms with van der Waals surface area (Å²) in [5, 5.41) is 3.26. The molecule has 3 aliphatic rings. The minimum absolute atomic E-state index is 0.00484. The Morgan fingerprint density at radius 2 is 2.05 bits per heavy atom. The molecule has 4 nitrogen and oxygen atoms in total. The molecular formula is C16H25N3O. The summed E-state index contributed by atoms with van der Waals surface area (Å²) in [6, 6.07) is 1.15. The number of carbonyl (C=O) groups is 1. The standard InChI is InChI=1S/C16H25N3O/c1-2-9-18-10-4-3-5-15(18)16(20)17-13-8-11-19(12-13)14-6-7-14/h1,13-15H,3-12H2,(H,17,20)/t13-,15-/m1/s1. The molecule has 1 saturated carbocycles. The molecule has 1 N–H and O–H groups in total. The predicted octanol–water partition coefficient (Wildman–Crippen LogP) is 0.827. The highest BCUT2D eigenvalue weighted by Crippen LogP contribution is 2.29. The average molecular weight is 275 g/mol. The maximum atomic E-state index is 12.5. The average Bonchev–Trinajstić information content (AvgIpc) is 3.20. The molecule has 1 amide bonds. The first kappa shape index (κ1) is 13.9. The van der Waals surface area contributed by atoms with E-state index in [9.17, 15) is 4.79 Å². The van der Waals surface area contributed by atoms with Crippen LogP contribution in [0.1, 0.15) is 38.5 Å². The third-order valence-corrected chi connectivity index (χ3v) is 4.84. The van der Waals surface area contributed by atoms with Crippen LogP contribution in [0.3, 0.4) is 0 Å². The zero-order valence-electron chi connectivity index (χ0n) is 12.2. The van der Waals surface area contributed by atoms with Gasteiger partial charge in [0.1, 0.15) is 0 Å². The molecule has 1 aliphatic carbocycles. The topological polar surface area (TPSA) is 35.6 Å². The molecule has 0 aromatic heterocycles. The van der Waals surface area contributed by atoms with Gasteiger partial charge in [-0.2, -0.15) is 0 Å². The van der Waals surface area contributed by atoms with Crippen LogP contribution in [-0.4, -0.2) is 60.0 Å². The fourth-order valence-electron chi connectivity index (χ4n) is 3.57. The molecule has 0 unspecified atom stereocenters. The molecule has 4 heteroatoms. The van der Waals surface area contributed by atoms with Crippen molar-refractivity contribution >= 4 is 5.91 Å². The van der Waals surface area contributed by atoms with Gasteiger partial charge in [0, 0.05) is 25.2 Å². The van der Waals surface area contributed by atoms with E-state index in [-0.39, 0.29) is 11.9 Å². The van der Waals surface area contributed by atoms with Crippen molar-refractivity contribution in [1.29, 1.82) is 0 Å². The largest absolute Gasteiger partial charge is 0.351 e. The summed E-state index contributed by atoms with van der Waals surface area (Å²) < 4.78 is 0. The molecule has 0 bridgehead atoms. The molecule has 0 aromatic rings. The van der Waals surface area contributed by atoms with Gasteiger partial charge >= 0.3 is 0 Å². The van der Waals surface area contributed by atoms with Crippen molar-refractivity contribution < 1.29 is 4.79 Å².